The molecule has 0 aliphatic carbocycles. The number of hydrogen-bond acceptors (Lipinski definition) is 4. The summed E-state index contributed by atoms with van der Waals surface area (Å²) in [5.41, 5.74) is 3.91. The number of H-pyrrole nitrogens is 1. The smallest absolute Gasteiger partial charge is 0.234 e. The number of aromatic amines is 1. The number of aromatic nitrogens is 5. The summed E-state index contributed by atoms with van der Waals surface area (Å²) in [6.07, 6.45) is 5.24. The van der Waals surface area contributed by atoms with E-state index in [0.29, 0.717) is 22.7 Å². The Kier molecular flexibility index (Phi) is 5.17. The minimum absolute atomic E-state index is 0.0583. The molecule has 0 bridgehead atoms. The van der Waals surface area contributed by atoms with Gasteiger partial charge in [0.2, 0.25) is 5.91 Å². The molecule has 1 amide bonds. The predicted octanol–water partition coefficient (Wildman–Crippen LogP) is 4.03. The molecular weight excluding hydrogens is 407 g/mol. The second kappa shape index (κ2) is 8.43. The van der Waals surface area contributed by atoms with Crippen LogP contribution < -0.4 is 4.90 Å². The topological polar surface area (TPSA) is 79.2 Å². The van der Waals surface area contributed by atoms with E-state index in [1.54, 1.807) is 34.0 Å². The van der Waals surface area contributed by atoms with E-state index in [2.05, 4.69) is 20.2 Å². The quantitative estimate of drug-likeness (QED) is 0.445. The Morgan fingerprint density at radius 2 is 1.91 bits per heavy atom. The Hall–Kier alpha value is -4.33. The number of pyridine rings is 1. The van der Waals surface area contributed by atoms with Gasteiger partial charge in [-0.15, -0.1) is 10.2 Å². The number of imidazole rings is 1. The fraction of sp³-hybridized carbons (Fsp3) is 0.0833. The third-order valence-corrected chi connectivity index (χ3v) is 5.21. The molecule has 158 valence electrons. The van der Waals surface area contributed by atoms with Crippen molar-refractivity contribution in [2.75, 3.05) is 4.90 Å². The average Bonchev–Trinajstić information content (AvgIpc) is 3.49. The summed E-state index contributed by atoms with van der Waals surface area (Å²) >= 11 is 0. The molecule has 8 heteroatoms. The second-order valence-corrected chi connectivity index (χ2v) is 7.34. The van der Waals surface area contributed by atoms with E-state index in [1.807, 2.05) is 48.7 Å². The van der Waals surface area contributed by atoms with Crippen LogP contribution in [-0.2, 0) is 17.8 Å². The molecule has 0 atom stereocenters. The van der Waals surface area contributed by atoms with E-state index in [4.69, 9.17) is 0 Å². The van der Waals surface area contributed by atoms with Gasteiger partial charge in [0.05, 0.1) is 31.2 Å². The van der Waals surface area contributed by atoms with Gasteiger partial charge in [-0.3, -0.25) is 9.20 Å². The number of nitrogens with one attached hydrogen (secondary N) is 1. The minimum Gasteiger partial charge on any atom is -0.345 e. The predicted molar refractivity (Wildman–Crippen MR) is 118 cm³/mol. The zero-order chi connectivity index (χ0) is 21.9. The van der Waals surface area contributed by atoms with Crippen molar-refractivity contribution < 1.29 is 9.18 Å². The van der Waals surface area contributed by atoms with E-state index in [0.717, 1.165) is 11.3 Å². The SMILES string of the molecule is O=C(Cc1nnc2ccccn12)N(Cc1cccc(F)c1)c1ccc(-c2cnc[nH]2)cc1. The lowest BCUT2D eigenvalue weighted by Gasteiger charge is -2.23. The van der Waals surface area contributed by atoms with E-state index >= 15 is 0 Å². The average molecular weight is 426 g/mol. The molecule has 7 nitrogen and oxygen atoms in total. The number of nitrogens with zero attached hydrogens (tertiary/aromatic N) is 5. The highest BCUT2D eigenvalue weighted by Crippen LogP contribution is 2.24. The normalized spacial score (nSPS) is 11.0. The van der Waals surface area contributed by atoms with Gasteiger partial charge in [0.15, 0.2) is 5.65 Å². The van der Waals surface area contributed by atoms with Crippen LogP contribution in [0.15, 0.2) is 85.5 Å². The first-order valence-electron chi connectivity index (χ1n) is 10.1. The number of rotatable bonds is 6. The maximum absolute atomic E-state index is 13.8. The molecule has 0 aliphatic rings. The fourth-order valence-corrected chi connectivity index (χ4v) is 3.62. The molecule has 32 heavy (non-hydrogen) atoms. The summed E-state index contributed by atoms with van der Waals surface area (Å²) < 4.78 is 15.6. The molecule has 2 aromatic carbocycles. The van der Waals surface area contributed by atoms with E-state index in [-0.39, 0.29) is 24.7 Å². The Labute approximate surface area is 183 Å². The first kappa shape index (κ1) is 19.6. The molecule has 5 rings (SSSR count). The second-order valence-electron chi connectivity index (χ2n) is 7.34. The maximum Gasteiger partial charge on any atom is 0.234 e. The van der Waals surface area contributed by atoms with Gasteiger partial charge >= 0.3 is 0 Å². The third kappa shape index (κ3) is 3.98. The highest BCUT2D eigenvalue weighted by molar-refractivity contribution is 5.94. The fourth-order valence-electron chi connectivity index (χ4n) is 3.62. The lowest BCUT2D eigenvalue weighted by atomic mass is 10.1. The molecular formula is C24H19FN6O. The molecule has 0 aliphatic heterocycles. The molecule has 0 fully saturated rings. The zero-order valence-electron chi connectivity index (χ0n) is 17.0. The van der Waals surface area contributed by atoms with Gasteiger partial charge in [0.25, 0.3) is 0 Å². The van der Waals surface area contributed by atoms with Crippen LogP contribution in [0.1, 0.15) is 11.4 Å². The Morgan fingerprint density at radius 1 is 1.03 bits per heavy atom. The molecule has 0 radical (unpaired) electrons. The van der Waals surface area contributed by atoms with Crippen molar-refractivity contribution >= 4 is 17.2 Å². The molecule has 0 saturated heterocycles. The molecule has 1 N–H and O–H groups in total. The summed E-state index contributed by atoms with van der Waals surface area (Å²) in [5.74, 6) is 0.0403. The van der Waals surface area contributed by atoms with E-state index < -0.39 is 0 Å². The number of fused-ring (bicyclic) bond motifs is 1. The minimum atomic E-state index is -0.340. The number of carbonyl (C=O) groups excluding carboxylic acids is 1. The molecule has 3 heterocycles. The third-order valence-electron chi connectivity index (χ3n) is 5.21. The number of carbonyl (C=O) groups is 1. The standard InChI is InChI=1S/C24H19FN6O/c25-19-5-3-4-17(12-19)15-31(20-9-7-18(8-10-20)21-14-26-16-27-21)24(32)13-23-29-28-22-6-1-2-11-30(22)23/h1-12,14,16H,13,15H2,(H,26,27). The molecule has 0 saturated carbocycles. The lowest BCUT2D eigenvalue weighted by molar-refractivity contribution is -0.118. The van der Waals surface area contributed by atoms with Crippen molar-refractivity contribution in [2.45, 2.75) is 13.0 Å². The van der Waals surface area contributed by atoms with Crippen LogP contribution in [0.3, 0.4) is 0 Å². The van der Waals surface area contributed by atoms with Crippen LogP contribution in [0.25, 0.3) is 16.9 Å². The van der Waals surface area contributed by atoms with Crippen molar-refractivity contribution in [2.24, 2.45) is 0 Å². The van der Waals surface area contributed by atoms with Crippen molar-refractivity contribution in [3.8, 4) is 11.3 Å². The molecule has 3 aromatic heterocycles. The van der Waals surface area contributed by atoms with Crippen molar-refractivity contribution in [1.82, 2.24) is 24.6 Å². The van der Waals surface area contributed by atoms with Gasteiger partial charge in [0, 0.05) is 11.9 Å². The molecule has 0 spiro atoms. The lowest BCUT2D eigenvalue weighted by Crippen LogP contribution is -2.32. The van der Waals surface area contributed by atoms with Crippen LogP contribution >= 0.6 is 0 Å². The van der Waals surface area contributed by atoms with Crippen molar-refractivity contribution in [3.63, 3.8) is 0 Å². The first-order chi connectivity index (χ1) is 15.7. The number of anilines is 1. The van der Waals surface area contributed by atoms with Crippen LogP contribution in [-0.4, -0.2) is 30.5 Å². The van der Waals surface area contributed by atoms with Gasteiger partial charge in [-0.1, -0.05) is 30.3 Å². The Balaban J connectivity index is 1.46. The number of amides is 1. The van der Waals surface area contributed by atoms with Crippen molar-refractivity contribution in [3.05, 3.63) is 103 Å². The monoisotopic (exact) mass is 426 g/mol. The molecule has 0 unspecified atom stereocenters. The Bertz CT molecular complexity index is 1360. The van der Waals surface area contributed by atoms with Crippen molar-refractivity contribution in [1.29, 1.82) is 0 Å². The van der Waals surface area contributed by atoms with Gasteiger partial charge in [-0.25, -0.2) is 9.37 Å². The van der Waals surface area contributed by atoms with Crippen LogP contribution in [0.5, 0.6) is 0 Å². The van der Waals surface area contributed by atoms with E-state index in [1.165, 1.54) is 12.1 Å². The van der Waals surface area contributed by atoms with Crippen LogP contribution in [0.2, 0.25) is 0 Å². The van der Waals surface area contributed by atoms with Crippen LogP contribution in [0.4, 0.5) is 10.1 Å². The zero-order valence-corrected chi connectivity index (χ0v) is 17.0. The van der Waals surface area contributed by atoms with Gasteiger partial charge < -0.3 is 9.88 Å². The van der Waals surface area contributed by atoms with Crippen LogP contribution in [0, 0.1) is 5.82 Å². The number of halogens is 1. The summed E-state index contributed by atoms with van der Waals surface area (Å²) in [7, 11) is 0. The van der Waals surface area contributed by atoms with Gasteiger partial charge in [-0.05, 0) is 47.5 Å². The molecule has 5 aromatic rings. The number of benzene rings is 2. The maximum atomic E-state index is 13.8. The Morgan fingerprint density at radius 3 is 2.69 bits per heavy atom. The summed E-state index contributed by atoms with van der Waals surface area (Å²) in [4.78, 5) is 22.1. The largest absolute Gasteiger partial charge is 0.345 e. The number of hydrogen-bond donors (Lipinski definition) is 1. The first-order valence-corrected chi connectivity index (χ1v) is 10.1. The summed E-state index contributed by atoms with van der Waals surface area (Å²) in [6.45, 7) is 0.233. The van der Waals surface area contributed by atoms with Gasteiger partial charge in [-0.2, -0.15) is 0 Å². The van der Waals surface area contributed by atoms with E-state index in [9.17, 15) is 9.18 Å². The summed E-state index contributed by atoms with van der Waals surface area (Å²) in [5, 5.41) is 8.30. The van der Waals surface area contributed by atoms with Gasteiger partial charge in [0.1, 0.15) is 11.6 Å². The summed E-state index contributed by atoms with van der Waals surface area (Å²) in [6, 6.07) is 19.4. The highest BCUT2D eigenvalue weighted by Gasteiger charge is 2.20. The highest BCUT2D eigenvalue weighted by atomic mass is 19.1.